The number of nitrogens with two attached hydrogens (primary N) is 1. The van der Waals surface area contributed by atoms with Crippen molar-refractivity contribution in [2.45, 2.75) is 0 Å². The molecule has 2 aromatic rings. The molecule has 2 rings (SSSR count). The van der Waals surface area contributed by atoms with Crippen LogP contribution in [-0.4, -0.2) is 27.8 Å². The Morgan fingerprint density at radius 3 is 2.89 bits per heavy atom. The minimum atomic E-state index is -0.301. The van der Waals surface area contributed by atoms with E-state index in [1.807, 2.05) is 0 Å². The molecule has 0 aliphatic rings. The van der Waals surface area contributed by atoms with Crippen LogP contribution in [0.15, 0.2) is 24.5 Å². The number of anilines is 2. The highest BCUT2D eigenvalue weighted by Crippen LogP contribution is 2.22. The first kappa shape index (κ1) is 11.9. The Morgan fingerprint density at radius 2 is 2.28 bits per heavy atom. The SMILES string of the molecule is COc1cc(C(=O)Nc2ncnn2C)ccc1N. The molecule has 1 amide bonds. The zero-order chi connectivity index (χ0) is 13.1. The summed E-state index contributed by atoms with van der Waals surface area (Å²) in [6, 6.07) is 4.80. The van der Waals surface area contributed by atoms with Gasteiger partial charge in [0.2, 0.25) is 5.95 Å². The smallest absolute Gasteiger partial charge is 0.258 e. The second-order valence-electron chi connectivity index (χ2n) is 3.62. The summed E-state index contributed by atoms with van der Waals surface area (Å²) in [5.41, 5.74) is 6.59. The normalized spacial score (nSPS) is 10.1. The van der Waals surface area contributed by atoms with Gasteiger partial charge in [-0.3, -0.25) is 10.1 Å². The molecule has 0 fully saturated rings. The zero-order valence-electron chi connectivity index (χ0n) is 10.0. The molecule has 1 heterocycles. The standard InChI is InChI=1S/C11H13N5O2/c1-16-11(13-6-14-16)15-10(17)7-3-4-8(12)9(5-7)18-2/h3-6H,12H2,1-2H3,(H,13,14,15,17). The fourth-order valence-electron chi connectivity index (χ4n) is 1.44. The number of aryl methyl sites for hydroxylation is 1. The molecule has 7 nitrogen and oxygen atoms in total. The third-order valence-electron chi connectivity index (χ3n) is 2.43. The van der Waals surface area contributed by atoms with Crippen molar-refractivity contribution in [1.82, 2.24) is 14.8 Å². The maximum atomic E-state index is 12.0. The Balaban J connectivity index is 2.21. The number of nitrogens with one attached hydrogen (secondary N) is 1. The number of hydrogen-bond donors (Lipinski definition) is 2. The fourth-order valence-corrected chi connectivity index (χ4v) is 1.44. The first-order valence-corrected chi connectivity index (χ1v) is 5.20. The Hall–Kier alpha value is -2.57. The molecule has 0 aliphatic carbocycles. The number of carbonyl (C=O) groups is 1. The number of aromatic nitrogens is 3. The van der Waals surface area contributed by atoms with Crippen molar-refractivity contribution in [3.63, 3.8) is 0 Å². The van der Waals surface area contributed by atoms with Gasteiger partial charge in [-0.15, -0.1) is 0 Å². The highest BCUT2D eigenvalue weighted by atomic mass is 16.5. The Morgan fingerprint density at radius 1 is 1.50 bits per heavy atom. The maximum absolute atomic E-state index is 12.0. The third-order valence-corrected chi connectivity index (χ3v) is 2.43. The van der Waals surface area contributed by atoms with Crippen molar-refractivity contribution in [2.24, 2.45) is 7.05 Å². The van der Waals surface area contributed by atoms with Crippen molar-refractivity contribution >= 4 is 17.5 Å². The van der Waals surface area contributed by atoms with Crippen LogP contribution >= 0.6 is 0 Å². The van der Waals surface area contributed by atoms with E-state index < -0.39 is 0 Å². The predicted octanol–water partition coefficient (Wildman–Crippen LogP) is 0.658. The van der Waals surface area contributed by atoms with E-state index in [4.69, 9.17) is 10.5 Å². The van der Waals surface area contributed by atoms with Crippen molar-refractivity contribution in [1.29, 1.82) is 0 Å². The first-order chi connectivity index (χ1) is 8.61. The van der Waals surface area contributed by atoms with Crippen LogP contribution in [0.5, 0.6) is 5.75 Å². The average Bonchev–Trinajstić information content (AvgIpc) is 2.75. The second kappa shape index (κ2) is 4.74. The van der Waals surface area contributed by atoms with Gasteiger partial charge in [-0.05, 0) is 18.2 Å². The van der Waals surface area contributed by atoms with E-state index in [-0.39, 0.29) is 5.91 Å². The number of nitrogens with zero attached hydrogens (tertiary/aromatic N) is 3. The maximum Gasteiger partial charge on any atom is 0.258 e. The number of hydrogen-bond acceptors (Lipinski definition) is 5. The van der Waals surface area contributed by atoms with E-state index in [0.29, 0.717) is 22.9 Å². The lowest BCUT2D eigenvalue weighted by atomic mass is 10.2. The van der Waals surface area contributed by atoms with Crippen molar-refractivity contribution in [3.8, 4) is 5.75 Å². The molecule has 0 aliphatic heterocycles. The fraction of sp³-hybridized carbons (Fsp3) is 0.182. The van der Waals surface area contributed by atoms with Gasteiger partial charge in [0.15, 0.2) is 0 Å². The highest BCUT2D eigenvalue weighted by Gasteiger charge is 2.11. The summed E-state index contributed by atoms with van der Waals surface area (Å²) in [5.74, 6) is 0.529. The highest BCUT2D eigenvalue weighted by molar-refractivity contribution is 6.03. The van der Waals surface area contributed by atoms with Gasteiger partial charge in [-0.2, -0.15) is 10.1 Å². The Labute approximate surface area is 104 Å². The van der Waals surface area contributed by atoms with Crippen molar-refractivity contribution in [2.75, 3.05) is 18.2 Å². The number of nitrogen functional groups attached to an aromatic ring is 1. The van der Waals surface area contributed by atoms with Gasteiger partial charge in [0, 0.05) is 12.6 Å². The van der Waals surface area contributed by atoms with Gasteiger partial charge in [-0.25, -0.2) is 4.68 Å². The molecule has 94 valence electrons. The monoisotopic (exact) mass is 247 g/mol. The number of ether oxygens (including phenoxy) is 1. The molecular formula is C11H13N5O2. The van der Waals surface area contributed by atoms with Gasteiger partial charge in [0.25, 0.3) is 5.91 Å². The van der Waals surface area contributed by atoms with E-state index in [1.165, 1.54) is 18.1 Å². The van der Waals surface area contributed by atoms with Gasteiger partial charge in [0.1, 0.15) is 12.1 Å². The van der Waals surface area contributed by atoms with Crippen LogP contribution in [0.4, 0.5) is 11.6 Å². The Kier molecular flexibility index (Phi) is 3.13. The molecule has 0 bridgehead atoms. The van der Waals surface area contributed by atoms with Crippen LogP contribution in [0.25, 0.3) is 0 Å². The summed E-state index contributed by atoms with van der Waals surface area (Å²) in [4.78, 5) is 15.9. The lowest BCUT2D eigenvalue weighted by molar-refractivity contribution is 0.102. The second-order valence-corrected chi connectivity index (χ2v) is 3.62. The molecule has 0 saturated carbocycles. The number of carbonyl (C=O) groups excluding carboxylic acids is 1. The minimum absolute atomic E-state index is 0.301. The lowest BCUT2D eigenvalue weighted by Crippen LogP contribution is -2.15. The summed E-state index contributed by atoms with van der Waals surface area (Å²) in [5, 5.41) is 6.49. The van der Waals surface area contributed by atoms with E-state index in [2.05, 4.69) is 15.4 Å². The van der Waals surface area contributed by atoms with E-state index in [0.717, 1.165) is 0 Å². The van der Waals surface area contributed by atoms with Gasteiger partial charge in [-0.1, -0.05) is 0 Å². The van der Waals surface area contributed by atoms with E-state index >= 15 is 0 Å². The van der Waals surface area contributed by atoms with Gasteiger partial charge >= 0.3 is 0 Å². The van der Waals surface area contributed by atoms with Crippen LogP contribution in [0.2, 0.25) is 0 Å². The average molecular weight is 247 g/mol. The topological polar surface area (TPSA) is 95.1 Å². The number of methoxy groups -OCH3 is 1. The number of amides is 1. The van der Waals surface area contributed by atoms with Crippen LogP contribution in [-0.2, 0) is 7.05 Å². The quantitative estimate of drug-likeness (QED) is 0.777. The molecule has 0 saturated heterocycles. The van der Waals surface area contributed by atoms with Crippen molar-refractivity contribution < 1.29 is 9.53 Å². The summed E-state index contributed by atoms with van der Waals surface area (Å²) < 4.78 is 6.52. The van der Waals surface area contributed by atoms with Crippen LogP contribution in [0.1, 0.15) is 10.4 Å². The molecule has 0 unspecified atom stereocenters. The molecule has 0 atom stereocenters. The van der Waals surface area contributed by atoms with Crippen LogP contribution < -0.4 is 15.8 Å². The predicted molar refractivity (Wildman–Crippen MR) is 66.4 cm³/mol. The summed E-state index contributed by atoms with van der Waals surface area (Å²) in [6.45, 7) is 0. The van der Waals surface area contributed by atoms with Crippen molar-refractivity contribution in [3.05, 3.63) is 30.1 Å². The number of benzene rings is 1. The largest absolute Gasteiger partial charge is 0.495 e. The summed E-state index contributed by atoms with van der Waals surface area (Å²) in [6.07, 6.45) is 1.36. The molecule has 7 heteroatoms. The van der Waals surface area contributed by atoms with E-state index in [1.54, 1.807) is 25.2 Å². The first-order valence-electron chi connectivity index (χ1n) is 5.20. The van der Waals surface area contributed by atoms with Gasteiger partial charge in [0.05, 0.1) is 12.8 Å². The molecule has 0 spiro atoms. The van der Waals surface area contributed by atoms with E-state index in [9.17, 15) is 4.79 Å². The summed E-state index contributed by atoms with van der Waals surface area (Å²) >= 11 is 0. The minimum Gasteiger partial charge on any atom is -0.495 e. The molecule has 3 N–H and O–H groups in total. The molecule has 0 radical (unpaired) electrons. The zero-order valence-corrected chi connectivity index (χ0v) is 10.0. The third kappa shape index (κ3) is 2.24. The Bertz CT molecular complexity index is 579. The lowest BCUT2D eigenvalue weighted by Gasteiger charge is -2.07. The van der Waals surface area contributed by atoms with Crippen LogP contribution in [0.3, 0.4) is 0 Å². The van der Waals surface area contributed by atoms with Gasteiger partial charge < -0.3 is 10.5 Å². The molecule has 18 heavy (non-hydrogen) atoms. The molecular weight excluding hydrogens is 234 g/mol. The molecule has 1 aromatic heterocycles. The van der Waals surface area contributed by atoms with Crippen LogP contribution in [0, 0.1) is 0 Å². The summed E-state index contributed by atoms with van der Waals surface area (Å²) in [7, 11) is 3.18. The molecule has 1 aromatic carbocycles. The number of rotatable bonds is 3.